The molecule has 2 radical (unpaired) electrons. The summed E-state index contributed by atoms with van der Waals surface area (Å²) >= 11 is 1.43. The van der Waals surface area contributed by atoms with Crippen LogP contribution in [0, 0.1) is 11.3 Å². The molecule has 108 valence electrons. The van der Waals surface area contributed by atoms with Crippen molar-refractivity contribution in [2.24, 2.45) is 0 Å². The van der Waals surface area contributed by atoms with Crippen LogP contribution in [0.2, 0.25) is 11.4 Å². The predicted octanol–water partition coefficient (Wildman–Crippen LogP) is 2.47. The van der Waals surface area contributed by atoms with Gasteiger partial charge in [0.15, 0.2) is 0 Å². The van der Waals surface area contributed by atoms with Crippen LogP contribution in [-0.2, 0) is 0 Å². The van der Waals surface area contributed by atoms with Gasteiger partial charge in [0.25, 0.3) is 0 Å². The fraction of sp³-hybridized carbons (Fsp3) is 0.176. The zero-order chi connectivity index (χ0) is 15.7. The number of fused-ring (bicyclic) bond motifs is 1. The number of hydrogen-bond acceptors (Lipinski definition) is 3. The summed E-state index contributed by atoms with van der Waals surface area (Å²) in [5, 5.41) is 9.56. The second-order valence-corrected chi connectivity index (χ2v) is 11.0. The molecule has 3 nitrogen and oxygen atoms in total. The molecule has 1 aliphatic heterocycles. The first-order valence-electron chi connectivity index (χ1n) is 6.84. The Balaban J connectivity index is 2.18. The van der Waals surface area contributed by atoms with E-state index in [0.717, 1.165) is 16.9 Å². The van der Waals surface area contributed by atoms with Gasteiger partial charge in [-0.2, -0.15) is 0 Å². The van der Waals surface area contributed by atoms with Crippen LogP contribution in [0.4, 0.5) is 0 Å². The Morgan fingerprint density at radius 3 is 2.59 bits per heavy atom. The molecule has 3 rings (SSSR count). The number of nitrogens with zero attached hydrogens (tertiary/aromatic N) is 2. The summed E-state index contributed by atoms with van der Waals surface area (Å²) in [5.41, 5.74) is 7.37. The van der Waals surface area contributed by atoms with Crippen LogP contribution in [0.1, 0.15) is 17.0 Å². The molecule has 0 fully saturated rings. The number of hydrogen-bond donors (Lipinski definition) is 0. The number of allylic oxidation sites excluding steroid dienone is 1. The van der Waals surface area contributed by atoms with E-state index < -0.39 is 14.7 Å². The van der Waals surface area contributed by atoms with E-state index in [9.17, 15) is 5.26 Å². The third-order valence-electron chi connectivity index (χ3n) is 3.71. The van der Waals surface area contributed by atoms with Crippen molar-refractivity contribution in [1.82, 2.24) is 4.98 Å². The van der Waals surface area contributed by atoms with Gasteiger partial charge in [-0.05, 0) is 0 Å². The van der Waals surface area contributed by atoms with Gasteiger partial charge in [-0.3, -0.25) is 0 Å². The number of nitriles is 1. The van der Waals surface area contributed by atoms with E-state index >= 15 is 0 Å². The normalized spacial score (nSPS) is 17.0. The van der Waals surface area contributed by atoms with E-state index in [1.54, 1.807) is 12.4 Å². The van der Waals surface area contributed by atoms with Gasteiger partial charge in [0.2, 0.25) is 0 Å². The Bertz CT molecular complexity index is 779. The van der Waals surface area contributed by atoms with Crippen molar-refractivity contribution >= 4 is 35.9 Å². The Morgan fingerprint density at radius 1 is 1.23 bits per heavy atom. The Morgan fingerprint density at radius 2 is 1.95 bits per heavy atom. The third kappa shape index (κ3) is 2.74. The first kappa shape index (κ1) is 15.4. The molecule has 22 heavy (non-hydrogen) atoms. The van der Waals surface area contributed by atoms with Crippen LogP contribution >= 0.6 is 0 Å². The zero-order valence-corrected chi connectivity index (χ0v) is 16.1. The number of rotatable bonds is 2. The van der Waals surface area contributed by atoms with Gasteiger partial charge in [0, 0.05) is 0 Å². The summed E-state index contributed by atoms with van der Waals surface area (Å²) in [6, 6.07) is 12.7. The van der Waals surface area contributed by atoms with Crippen LogP contribution < -0.4 is 9.09 Å². The predicted molar refractivity (Wildman–Crippen MR) is 88.7 cm³/mol. The van der Waals surface area contributed by atoms with Gasteiger partial charge in [-0.15, -0.1) is 0 Å². The van der Waals surface area contributed by atoms with Crippen LogP contribution in [0.3, 0.4) is 0 Å². The quantitative estimate of drug-likeness (QED) is 0.713. The maximum absolute atomic E-state index is 9.56. The van der Waals surface area contributed by atoms with E-state index in [2.05, 4.69) is 57.5 Å². The summed E-state index contributed by atoms with van der Waals surface area (Å²) < 4.78 is 7.92. The fourth-order valence-electron chi connectivity index (χ4n) is 2.58. The molecule has 0 spiro atoms. The Kier molecular flexibility index (Phi) is 4.43. The second kappa shape index (κ2) is 6.33. The Hall–Kier alpha value is -1.48. The summed E-state index contributed by atoms with van der Waals surface area (Å²) in [6.07, 6.45) is 3.53. The van der Waals surface area contributed by atoms with Gasteiger partial charge in [-0.1, -0.05) is 0 Å². The molecule has 0 saturated carbocycles. The molecule has 0 amide bonds. The summed E-state index contributed by atoms with van der Waals surface area (Å²) in [7, 11) is 0. The van der Waals surface area contributed by atoms with E-state index in [-0.39, 0.29) is 5.92 Å². The minimum atomic E-state index is -0.958. The van der Waals surface area contributed by atoms with Gasteiger partial charge >= 0.3 is 144 Å². The van der Waals surface area contributed by atoms with E-state index in [1.807, 2.05) is 12.1 Å². The molecule has 1 unspecified atom stereocenters. The average Bonchev–Trinajstić information content (AvgIpc) is 2.53. The van der Waals surface area contributed by atoms with E-state index in [0.29, 0.717) is 10.1 Å². The first-order valence-corrected chi connectivity index (χ1v) is 12.5. The second-order valence-electron chi connectivity index (χ2n) is 5.26. The summed E-state index contributed by atoms with van der Waals surface area (Å²) in [6.45, 7) is 0. The van der Waals surface area contributed by atoms with Crippen LogP contribution in [-0.4, -0.2) is 36.5 Å². The maximum atomic E-state index is 9.56. The molecule has 0 saturated heterocycles. The van der Waals surface area contributed by atoms with Crippen molar-refractivity contribution < 1.29 is 4.74 Å². The van der Waals surface area contributed by atoms with Crippen molar-refractivity contribution in [1.29, 1.82) is 5.26 Å². The van der Waals surface area contributed by atoms with Crippen LogP contribution in [0.5, 0.6) is 5.75 Å². The number of aromatic nitrogens is 1. The van der Waals surface area contributed by atoms with Crippen molar-refractivity contribution in [3.8, 4) is 11.8 Å². The monoisotopic (exact) mass is 412 g/mol. The molecule has 1 aromatic carbocycles. The van der Waals surface area contributed by atoms with Gasteiger partial charge < -0.3 is 0 Å². The SMILES string of the molecule is C[As](C)c1ccc2c(c1)OC([As])=C(C#N)C2c1ccncc1. The minimum absolute atomic E-state index is 0.0846. The van der Waals surface area contributed by atoms with Crippen LogP contribution in [0.15, 0.2) is 52.8 Å². The van der Waals surface area contributed by atoms with Crippen molar-refractivity contribution in [3.63, 3.8) is 0 Å². The molecule has 0 bridgehead atoms. The Labute approximate surface area is 143 Å². The molecule has 1 atom stereocenters. The van der Waals surface area contributed by atoms with Crippen molar-refractivity contribution in [2.75, 3.05) is 0 Å². The van der Waals surface area contributed by atoms with Gasteiger partial charge in [0.05, 0.1) is 0 Å². The van der Waals surface area contributed by atoms with E-state index in [4.69, 9.17) is 4.74 Å². The molecule has 0 N–H and O–H groups in total. The van der Waals surface area contributed by atoms with Gasteiger partial charge in [-0.25, -0.2) is 0 Å². The standard InChI is InChI=1S/C17H14As2N2O/c1-19(2)12-3-4-13-15(9-12)22-17(18)14(10-20)16(13)11-5-7-21-8-6-11/h3-9,16H,1-2H3. The molecule has 0 aliphatic carbocycles. The number of pyridine rings is 1. The topological polar surface area (TPSA) is 45.9 Å². The molecule has 1 aromatic heterocycles. The molecule has 2 heterocycles. The zero-order valence-electron chi connectivity index (χ0n) is 12.3. The van der Waals surface area contributed by atoms with E-state index in [1.165, 1.54) is 4.35 Å². The third-order valence-corrected chi connectivity index (χ3v) is 7.16. The number of benzene rings is 1. The fourth-order valence-corrected chi connectivity index (χ4v) is 4.73. The van der Waals surface area contributed by atoms with Crippen molar-refractivity contribution in [2.45, 2.75) is 17.3 Å². The average molecular weight is 412 g/mol. The van der Waals surface area contributed by atoms with Crippen LogP contribution in [0.25, 0.3) is 0 Å². The first-order chi connectivity index (χ1) is 10.6. The molecular formula is C17H14As2N2O. The van der Waals surface area contributed by atoms with Crippen molar-refractivity contribution in [3.05, 3.63) is 64.0 Å². The molecular weight excluding hydrogens is 398 g/mol. The number of ether oxygens (including phenoxy) is 1. The molecule has 2 aromatic rings. The summed E-state index contributed by atoms with van der Waals surface area (Å²) in [5.74, 6) is 0.788. The molecule has 5 heteroatoms. The van der Waals surface area contributed by atoms with Gasteiger partial charge in [0.1, 0.15) is 0 Å². The molecule has 1 aliphatic rings. The summed E-state index contributed by atoms with van der Waals surface area (Å²) in [4.78, 5) is 4.08.